The van der Waals surface area contributed by atoms with Crippen LogP contribution in [-0.4, -0.2) is 35.3 Å². The summed E-state index contributed by atoms with van der Waals surface area (Å²) in [5, 5.41) is 2.84. The molecule has 0 spiro atoms. The first-order chi connectivity index (χ1) is 11.9. The minimum atomic E-state index is -0.0982. The van der Waals surface area contributed by atoms with Crippen molar-refractivity contribution in [2.45, 2.75) is 13.5 Å². The van der Waals surface area contributed by atoms with Gasteiger partial charge in [0.05, 0.1) is 11.5 Å². The Kier molecular flexibility index (Phi) is 7.52. The molecule has 2 aromatic rings. The van der Waals surface area contributed by atoms with E-state index >= 15 is 0 Å². The van der Waals surface area contributed by atoms with Crippen molar-refractivity contribution < 1.29 is 9.59 Å². The molecule has 0 aromatic heterocycles. The van der Waals surface area contributed by atoms with Gasteiger partial charge in [-0.25, -0.2) is 0 Å². The van der Waals surface area contributed by atoms with Gasteiger partial charge in [-0.15, -0.1) is 11.8 Å². The van der Waals surface area contributed by atoms with Crippen LogP contribution in [0.5, 0.6) is 0 Å². The molecule has 0 fully saturated rings. The third-order valence-corrected chi connectivity index (χ3v) is 4.97. The van der Waals surface area contributed by atoms with Crippen molar-refractivity contribution in [3.63, 3.8) is 0 Å². The molecule has 1 N–H and O–H groups in total. The maximum Gasteiger partial charge on any atom is 0.234 e. The molecule has 2 rings (SSSR count). The van der Waals surface area contributed by atoms with Gasteiger partial charge in [0.1, 0.15) is 0 Å². The van der Waals surface area contributed by atoms with Crippen LogP contribution in [0.25, 0.3) is 0 Å². The summed E-state index contributed by atoms with van der Waals surface area (Å²) in [6, 6.07) is 15.5. The lowest BCUT2D eigenvalue weighted by Gasteiger charge is -2.17. The predicted molar refractivity (Wildman–Crippen MR) is 108 cm³/mol. The summed E-state index contributed by atoms with van der Waals surface area (Å²) in [4.78, 5) is 25.8. The minimum Gasteiger partial charge on any atom is -0.341 e. The highest BCUT2D eigenvalue weighted by Crippen LogP contribution is 2.13. The lowest BCUT2D eigenvalue weighted by atomic mass is 10.2. The van der Waals surface area contributed by atoms with Gasteiger partial charge in [0.2, 0.25) is 11.8 Å². The van der Waals surface area contributed by atoms with E-state index < -0.39 is 0 Å². The molecule has 0 radical (unpaired) electrons. The zero-order valence-electron chi connectivity index (χ0n) is 14.3. The van der Waals surface area contributed by atoms with Gasteiger partial charge < -0.3 is 10.2 Å². The van der Waals surface area contributed by atoms with Crippen LogP contribution in [-0.2, 0) is 16.1 Å². The van der Waals surface area contributed by atoms with E-state index in [4.69, 9.17) is 0 Å². The number of rotatable bonds is 7. The largest absolute Gasteiger partial charge is 0.341 e. The van der Waals surface area contributed by atoms with E-state index in [1.807, 2.05) is 55.5 Å². The molecule has 0 heterocycles. The summed E-state index contributed by atoms with van der Waals surface area (Å²) in [7, 11) is 1.78. The number of benzene rings is 2. The van der Waals surface area contributed by atoms with E-state index in [2.05, 4.69) is 21.2 Å². The third-order valence-electron chi connectivity index (χ3n) is 3.52. The molecule has 4 nitrogen and oxygen atoms in total. The molecule has 0 saturated carbocycles. The van der Waals surface area contributed by atoms with Gasteiger partial charge in [-0.05, 0) is 42.3 Å². The highest BCUT2D eigenvalue weighted by molar-refractivity contribution is 9.10. The summed E-state index contributed by atoms with van der Waals surface area (Å²) in [5.74, 6) is 0.454. The van der Waals surface area contributed by atoms with E-state index in [9.17, 15) is 9.59 Å². The van der Waals surface area contributed by atoms with Crippen LogP contribution in [0.1, 0.15) is 11.1 Å². The number of hydrogen-bond acceptors (Lipinski definition) is 3. The molecule has 6 heteroatoms. The van der Waals surface area contributed by atoms with E-state index in [-0.39, 0.29) is 23.3 Å². The number of carbonyl (C=O) groups is 2. The van der Waals surface area contributed by atoms with E-state index in [0.29, 0.717) is 6.54 Å². The van der Waals surface area contributed by atoms with Crippen LogP contribution >= 0.6 is 27.7 Å². The molecule has 0 atom stereocenters. The topological polar surface area (TPSA) is 49.4 Å². The van der Waals surface area contributed by atoms with Crippen molar-refractivity contribution in [1.29, 1.82) is 0 Å². The van der Waals surface area contributed by atoms with Gasteiger partial charge in [0, 0.05) is 23.8 Å². The Bertz CT molecular complexity index is 734. The highest BCUT2D eigenvalue weighted by Gasteiger charge is 2.11. The first kappa shape index (κ1) is 19.5. The van der Waals surface area contributed by atoms with Crippen LogP contribution in [0.2, 0.25) is 0 Å². The van der Waals surface area contributed by atoms with Gasteiger partial charge in [-0.3, -0.25) is 9.59 Å². The Labute approximate surface area is 161 Å². The van der Waals surface area contributed by atoms with E-state index in [0.717, 1.165) is 21.3 Å². The summed E-state index contributed by atoms with van der Waals surface area (Å²) >= 11 is 4.72. The Morgan fingerprint density at radius 2 is 1.84 bits per heavy atom. The fourth-order valence-electron chi connectivity index (χ4n) is 2.21. The molecule has 0 bridgehead atoms. The fraction of sp³-hybridized carbons (Fsp3) is 0.263. The van der Waals surface area contributed by atoms with E-state index in [1.165, 1.54) is 11.8 Å². The minimum absolute atomic E-state index is 0.0104. The van der Waals surface area contributed by atoms with Crippen LogP contribution in [0.3, 0.4) is 0 Å². The number of hydrogen-bond donors (Lipinski definition) is 1. The molecule has 0 unspecified atom stereocenters. The summed E-state index contributed by atoms with van der Waals surface area (Å²) in [6.07, 6.45) is 0. The van der Waals surface area contributed by atoms with Crippen LogP contribution < -0.4 is 5.32 Å². The number of nitrogens with zero attached hydrogens (tertiary/aromatic N) is 1. The number of aryl methyl sites for hydroxylation is 1. The highest BCUT2D eigenvalue weighted by atomic mass is 79.9. The van der Waals surface area contributed by atoms with Crippen molar-refractivity contribution >= 4 is 45.2 Å². The summed E-state index contributed by atoms with van der Waals surface area (Å²) in [5.41, 5.74) is 2.95. The lowest BCUT2D eigenvalue weighted by Crippen LogP contribution is -2.28. The maximum absolute atomic E-state index is 12.2. The molecule has 2 amide bonds. The average molecular weight is 421 g/mol. The van der Waals surface area contributed by atoms with Gasteiger partial charge in [-0.2, -0.15) is 0 Å². The number of halogens is 1. The fourth-order valence-corrected chi connectivity index (χ4v) is 3.23. The second-order valence-electron chi connectivity index (χ2n) is 5.79. The standard InChI is InChI=1S/C19H21BrN2O2S/c1-14-4-3-5-17(10-14)21-18(23)12-25-13-19(24)22(2)11-15-6-8-16(20)9-7-15/h3-10H,11-13H2,1-2H3,(H,21,23). The Hall–Kier alpha value is -1.79. The number of anilines is 1. The predicted octanol–water partition coefficient (Wildman–Crippen LogP) is 4.09. The molecule has 0 aliphatic heterocycles. The zero-order valence-corrected chi connectivity index (χ0v) is 16.7. The molecular formula is C19H21BrN2O2S. The first-order valence-corrected chi connectivity index (χ1v) is 9.81. The summed E-state index contributed by atoms with van der Waals surface area (Å²) < 4.78 is 1.01. The van der Waals surface area contributed by atoms with Crippen molar-refractivity contribution in [1.82, 2.24) is 4.90 Å². The number of amides is 2. The average Bonchev–Trinajstić information content (AvgIpc) is 2.56. The summed E-state index contributed by atoms with van der Waals surface area (Å²) in [6.45, 7) is 2.53. The van der Waals surface area contributed by atoms with Crippen molar-refractivity contribution in [2.24, 2.45) is 0 Å². The third kappa shape index (κ3) is 6.92. The Morgan fingerprint density at radius 1 is 1.12 bits per heavy atom. The molecular weight excluding hydrogens is 400 g/mol. The molecule has 25 heavy (non-hydrogen) atoms. The molecule has 132 valence electrons. The van der Waals surface area contributed by atoms with Crippen molar-refractivity contribution in [3.05, 3.63) is 64.1 Å². The van der Waals surface area contributed by atoms with Crippen LogP contribution in [0.15, 0.2) is 53.0 Å². The zero-order chi connectivity index (χ0) is 18.2. The normalized spacial score (nSPS) is 10.4. The smallest absolute Gasteiger partial charge is 0.234 e. The lowest BCUT2D eigenvalue weighted by molar-refractivity contribution is -0.127. The Balaban J connectivity index is 1.72. The van der Waals surface area contributed by atoms with Crippen LogP contribution in [0.4, 0.5) is 5.69 Å². The molecule has 2 aromatic carbocycles. The Morgan fingerprint density at radius 3 is 2.52 bits per heavy atom. The number of nitrogens with one attached hydrogen (secondary N) is 1. The van der Waals surface area contributed by atoms with Gasteiger partial charge in [0.25, 0.3) is 0 Å². The maximum atomic E-state index is 12.2. The SMILES string of the molecule is Cc1cccc(NC(=O)CSCC(=O)N(C)Cc2ccc(Br)cc2)c1. The van der Waals surface area contributed by atoms with E-state index in [1.54, 1.807) is 11.9 Å². The van der Waals surface area contributed by atoms with Gasteiger partial charge >= 0.3 is 0 Å². The quantitative estimate of drug-likeness (QED) is 0.733. The second-order valence-corrected chi connectivity index (χ2v) is 7.69. The molecule has 0 aliphatic rings. The number of thioether (sulfide) groups is 1. The van der Waals surface area contributed by atoms with Crippen LogP contribution in [0, 0.1) is 6.92 Å². The molecule has 0 saturated heterocycles. The van der Waals surface area contributed by atoms with Crippen molar-refractivity contribution in [2.75, 3.05) is 23.9 Å². The van der Waals surface area contributed by atoms with Gasteiger partial charge in [0.15, 0.2) is 0 Å². The van der Waals surface area contributed by atoms with Gasteiger partial charge in [-0.1, -0.05) is 40.2 Å². The second kappa shape index (κ2) is 9.63. The molecule has 0 aliphatic carbocycles. The first-order valence-electron chi connectivity index (χ1n) is 7.87. The number of carbonyl (C=O) groups excluding carboxylic acids is 2. The van der Waals surface area contributed by atoms with Crippen molar-refractivity contribution in [3.8, 4) is 0 Å². The monoisotopic (exact) mass is 420 g/mol.